The van der Waals surface area contributed by atoms with Gasteiger partial charge in [0.1, 0.15) is 0 Å². The van der Waals surface area contributed by atoms with Crippen LogP contribution in [0.25, 0.3) is 0 Å². The maximum atomic E-state index is 6.64. The first-order valence-corrected chi connectivity index (χ1v) is 8.46. The molecule has 0 bridgehead atoms. The number of halogens is 3. The number of benzene rings is 2. The molecule has 2 aromatic carbocycles. The zero-order chi connectivity index (χ0) is 14.1. The summed E-state index contributed by atoms with van der Waals surface area (Å²) in [6.07, 6.45) is 4.96. The molecule has 0 N–H and O–H groups in total. The van der Waals surface area contributed by atoms with Crippen molar-refractivity contribution in [3.05, 3.63) is 68.1 Å². The molecule has 1 aliphatic rings. The number of aryl methyl sites for hydroxylation is 2. The maximum Gasteiger partial charge on any atom is 0.0836 e. The Morgan fingerprint density at radius 1 is 0.900 bits per heavy atom. The fourth-order valence-electron chi connectivity index (χ4n) is 2.82. The SMILES string of the molecule is Clc1cc(Br)cc(C(Cl)c2ccc3c(c2)CCCC3)c1. The highest BCUT2D eigenvalue weighted by Gasteiger charge is 2.16. The van der Waals surface area contributed by atoms with Crippen LogP contribution >= 0.6 is 39.1 Å². The van der Waals surface area contributed by atoms with E-state index in [4.69, 9.17) is 23.2 Å². The predicted molar refractivity (Wildman–Crippen MR) is 89.9 cm³/mol. The Morgan fingerprint density at radius 2 is 1.65 bits per heavy atom. The van der Waals surface area contributed by atoms with Gasteiger partial charge in [-0.3, -0.25) is 0 Å². The van der Waals surface area contributed by atoms with Crippen LogP contribution in [0.2, 0.25) is 5.02 Å². The molecule has 1 unspecified atom stereocenters. The minimum absolute atomic E-state index is 0.155. The Balaban J connectivity index is 1.95. The fourth-order valence-corrected chi connectivity index (χ4v) is 3.97. The molecule has 0 radical (unpaired) electrons. The molecule has 20 heavy (non-hydrogen) atoms. The second-order valence-electron chi connectivity index (χ2n) is 5.30. The van der Waals surface area contributed by atoms with Gasteiger partial charge in [-0.05, 0) is 66.1 Å². The summed E-state index contributed by atoms with van der Waals surface area (Å²) in [5.41, 5.74) is 5.12. The van der Waals surface area contributed by atoms with E-state index in [-0.39, 0.29) is 5.38 Å². The first-order valence-electron chi connectivity index (χ1n) is 6.85. The van der Waals surface area contributed by atoms with E-state index in [1.54, 1.807) is 0 Å². The second-order valence-corrected chi connectivity index (χ2v) is 7.09. The lowest BCUT2D eigenvalue weighted by molar-refractivity contribution is 0.684. The lowest BCUT2D eigenvalue weighted by Gasteiger charge is -2.19. The van der Waals surface area contributed by atoms with Crippen LogP contribution in [0.5, 0.6) is 0 Å². The topological polar surface area (TPSA) is 0 Å². The minimum atomic E-state index is -0.155. The van der Waals surface area contributed by atoms with E-state index in [1.807, 2.05) is 18.2 Å². The Kier molecular flexibility index (Phi) is 4.40. The zero-order valence-corrected chi connectivity index (χ0v) is 14.1. The van der Waals surface area contributed by atoms with Gasteiger partial charge in [0.25, 0.3) is 0 Å². The first kappa shape index (κ1) is 14.4. The number of alkyl halides is 1. The molecule has 0 amide bonds. The van der Waals surface area contributed by atoms with Crippen LogP contribution in [0.4, 0.5) is 0 Å². The third kappa shape index (κ3) is 3.05. The lowest BCUT2D eigenvalue weighted by Crippen LogP contribution is -2.04. The van der Waals surface area contributed by atoms with Crippen LogP contribution in [0.3, 0.4) is 0 Å². The standard InChI is InChI=1S/C17H15BrCl2/c18-15-8-14(9-16(19)10-15)17(20)13-6-5-11-3-1-2-4-12(11)7-13/h5-10,17H,1-4H2. The average Bonchev–Trinajstić information content (AvgIpc) is 2.45. The summed E-state index contributed by atoms with van der Waals surface area (Å²) in [5, 5.41) is 0.551. The summed E-state index contributed by atoms with van der Waals surface area (Å²) in [5.74, 6) is 0. The molecule has 0 fully saturated rings. The van der Waals surface area contributed by atoms with Crippen LogP contribution in [-0.2, 0) is 12.8 Å². The van der Waals surface area contributed by atoms with Crippen molar-refractivity contribution < 1.29 is 0 Å². The van der Waals surface area contributed by atoms with E-state index in [1.165, 1.54) is 36.8 Å². The molecule has 0 nitrogen and oxygen atoms in total. The molecule has 3 heteroatoms. The fraction of sp³-hybridized carbons (Fsp3) is 0.294. The zero-order valence-electron chi connectivity index (χ0n) is 11.0. The highest BCUT2D eigenvalue weighted by atomic mass is 79.9. The molecule has 0 aromatic heterocycles. The third-order valence-corrected chi connectivity index (χ3v) is 5.02. The van der Waals surface area contributed by atoms with Gasteiger partial charge in [-0.2, -0.15) is 0 Å². The third-order valence-electron chi connectivity index (χ3n) is 3.84. The van der Waals surface area contributed by atoms with Gasteiger partial charge in [-0.15, -0.1) is 11.6 Å². The molecule has 1 atom stereocenters. The van der Waals surface area contributed by atoms with Crippen molar-refractivity contribution >= 4 is 39.1 Å². The molecule has 0 saturated carbocycles. The van der Waals surface area contributed by atoms with Gasteiger partial charge in [-0.25, -0.2) is 0 Å². The summed E-state index contributed by atoms with van der Waals surface area (Å²) in [4.78, 5) is 0. The van der Waals surface area contributed by atoms with E-state index in [2.05, 4.69) is 34.1 Å². The number of hydrogen-bond acceptors (Lipinski definition) is 0. The Hall–Kier alpha value is -0.500. The summed E-state index contributed by atoms with van der Waals surface area (Å²) in [6.45, 7) is 0. The van der Waals surface area contributed by atoms with E-state index < -0.39 is 0 Å². The van der Waals surface area contributed by atoms with Gasteiger partial charge in [0, 0.05) is 9.50 Å². The van der Waals surface area contributed by atoms with Gasteiger partial charge in [0.2, 0.25) is 0 Å². The highest BCUT2D eigenvalue weighted by molar-refractivity contribution is 9.10. The van der Waals surface area contributed by atoms with E-state index >= 15 is 0 Å². The van der Waals surface area contributed by atoms with Gasteiger partial charge in [0.05, 0.1) is 5.38 Å². The summed E-state index contributed by atoms with van der Waals surface area (Å²) in [6, 6.07) is 12.5. The largest absolute Gasteiger partial charge is 0.113 e. The van der Waals surface area contributed by atoms with Gasteiger partial charge in [-0.1, -0.05) is 45.7 Å². The van der Waals surface area contributed by atoms with Crippen LogP contribution < -0.4 is 0 Å². The van der Waals surface area contributed by atoms with E-state index in [0.29, 0.717) is 5.02 Å². The molecular formula is C17H15BrCl2. The summed E-state index contributed by atoms with van der Waals surface area (Å²) < 4.78 is 0.962. The monoisotopic (exact) mass is 368 g/mol. The molecule has 104 valence electrons. The summed E-state index contributed by atoms with van der Waals surface area (Å²) >= 11 is 16.2. The van der Waals surface area contributed by atoms with Crippen LogP contribution in [0.1, 0.15) is 40.5 Å². The van der Waals surface area contributed by atoms with Crippen molar-refractivity contribution in [3.8, 4) is 0 Å². The number of fused-ring (bicyclic) bond motifs is 1. The molecule has 3 rings (SSSR count). The van der Waals surface area contributed by atoms with Gasteiger partial charge < -0.3 is 0 Å². The van der Waals surface area contributed by atoms with Crippen molar-refractivity contribution in [1.29, 1.82) is 0 Å². The van der Waals surface area contributed by atoms with E-state index in [0.717, 1.165) is 15.6 Å². The Labute approximate surface area is 138 Å². The molecule has 2 aromatic rings. The normalized spacial score (nSPS) is 15.8. The summed E-state index contributed by atoms with van der Waals surface area (Å²) in [7, 11) is 0. The van der Waals surface area contributed by atoms with Crippen LogP contribution in [0.15, 0.2) is 40.9 Å². The smallest absolute Gasteiger partial charge is 0.0836 e. The van der Waals surface area contributed by atoms with Gasteiger partial charge >= 0.3 is 0 Å². The molecule has 0 saturated heterocycles. The molecule has 0 aliphatic heterocycles. The van der Waals surface area contributed by atoms with Crippen molar-refractivity contribution in [3.63, 3.8) is 0 Å². The molecular weight excluding hydrogens is 355 g/mol. The molecule has 0 spiro atoms. The predicted octanol–water partition coefficient (Wildman–Crippen LogP) is 6.31. The number of hydrogen-bond donors (Lipinski definition) is 0. The first-order chi connectivity index (χ1) is 9.63. The highest BCUT2D eigenvalue weighted by Crippen LogP contribution is 2.34. The average molecular weight is 370 g/mol. The van der Waals surface area contributed by atoms with E-state index in [9.17, 15) is 0 Å². The van der Waals surface area contributed by atoms with Crippen molar-refractivity contribution in [1.82, 2.24) is 0 Å². The van der Waals surface area contributed by atoms with Crippen LogP contribution in [-0.4, -0.2) is 0 Å². The number of rotatable bonds is 2. The van der Waals surface area contributed by atoms with Crippen molar-refractivity contribution in [2.75, 3.05) is 0 Å². The Bertz CT molecular complexity index is 617. The Morgan fingerprint density at radius 3 is 2.40 bits per heavy atom. The quantitative estimate of drug-likeness (QED) is 0.544. The molecule has 1 aliphatic carbocycles. The van der Waals surface area contributed by atoms with Crippen molar-refractivity contribution in [2.24, 2.45) is 0 Å². The van der Waals surface area contributed by atoms with Crippen molar-refractivity contribution in [2.45, 2.75) is 31.1 Å². The minimum Gasteiger partial charge on any atom is -0.113 e. The lowest BCUT2D eigenvalue weighted by atomic mass is 9.89. The maximum absolute atomic E-state index is 6.64. The second kappa shape index (κ2) is 6.09. The molecule has 0 heterocycles. The van der Waals surface area contributed by atoms with Crippen LogP contribution in [0, 0.1) is 0 Å². The van der Waals surface area contributed by atoms with Gasteiger partial charge in [0.15, 0.2) is 0 Å².